The molecule has 0 radical (unpaired) electrons. The Labute approximate surface area is 140 Å². The molecule has 0 saturated carbocycles. The highest BCUT2D eigenvalue weighted by molar-refractivity contribution is 7.16. The Bertz CT molecular complexity index is 647. The van der Waals surface area contributed by atoms with Crippen molar-refractivity contribution in [2.45, 2.75) is 25.7 Å². The Kier molecular flexibility index (Phi) is 4.97. The molecule has 1 unspecified atom stereocenters. The lowest BCUT2D eigenvalue weighted by Crippen LogP contribution is -2.16. The first-order chi connectivity index (χ1) is 10.6. The van der Waals surface area contributed by atoms with Gasteiger partial charge >= 0.3 is 0 Å². The Morgan fingerprint density at radius 3 is 2.68 bits per heavy atom. The Morgan fingerprint density at radius 1 is 1.23 bits per heavy atom. The second kappa shape index (κ2) is 6.95. The van der Waals surface area contributed by atoms with E-state index in [-0.39, 0.29) is 11.7 Å². The van der Waals surface area contributed by atoms with E-state index in [1.807, 2.05) is 12.1 Å². The summed E-state index contributed by atoms with van der Waals surface area (Å²) in [6, 6.07) is 12.4. The van der Waals surface area contributed by atoms with E-state index in [4.69, 9.17) is 16.3 Å². The molecule has 1 aliphatic heterocycles. The zero-order valence-corrected chi connectivity index (χ0v) is 14.1. The number of benzene rings is 1. The number of carbonyl (C=O) groups excluding carboxylic acids is 1. The molecule has 3 rings (SSSR count). The van der Waals surface area contributed by atoms with Gasteiger partial charge in [0.1, 0.15) is 5.78 Å². The van der Waals surface area contributed by atoms with Crippen molar-refractivity contribution in [3.05, 3.63) is 56.7 Å². The van der Waals surface area contributed by atoms with Crippen molar-refractivity contribution in [3.8, 4) is 0 Å². The summed E-state index contributed by atoms with van der Waals surface area (Å²) in [5, 5.41) is 0. The first-order valence-corrected chi connectivity index (χ1v) is 8.71. The first kappa shape index (κ1) is 15.7. The topological polar surface area (TPSA) is 26.3 Å². The zero-order valence-electron chi connectivity index (χ0n) is 12.5. The number of ketones is 1. The second-order valence-electron chi connectivity index (χ2n) is 5.94. The number of Topliss-reactive ketones (excluding diaryl/α,β-unsaturated/α-hetero) is 1. The Morgan fingerprint density at radius 2 is 2.00 bits per heavy atom. The number of halogens is 1. The van der Waals surface area contributed by atoms with Gasteiger partial charge in [0.15, 0.2) is 0 Å². The standard InChI is InChI=1S/C18H19ClO2S/c1-12-2-4-13(5-3-12)17-11-21-10-14(17)8-15(20)9-16-6-7-18(19)22-16/h2-7,14,17H,8-11H2,1H3/t14-,17?/m0/s1. The molecule has 1 aromatic carbocycles. The van der Waals surface area contributed by atoms with Crippen LogP contribution in [0.1, 0.15) is 28.3 Å². The molecule has 4 heteroatoms. The summed E-state index contributed by atoms with van der Waals surface area (Å²) >= 11 is 7.40. The average molecular weight is 335 g/mol. The van der Waals surface area contributed by atoms with Gasteiger partial charge in [-0.15, -0.1) is 11.3 Å². The third kappa shape index (κ3) is 3.78. The van der Waals surface area contributed by atoms with Crippen LogP contribution >= 0.6 is 22.9 Å². The summed E-state index contributed by atoms with van der Waals surface area (Å²) in [6.07, 6.45) is 1.06. The number of hydrogen-bond acceptors (Lipinski definition) is 3. The highest BCUT2D eigenvalue weighted by Gasteiger charge is 2.31. The molecule has 0 spiro atoms. The molecule has 0 amide bonds. The smallest absolute Gasteiger partial charge is 0.138 e. The van der Waals surface area contributed by atoms with Crippen LogP contribution < -0.4 is 0 Å². The fraction of sp³-hybridized carbons (Fsp3) is 0.389. The van der Waals surface area contributed by atoms with Gasteiger partial charge in [-0.25, -0.2) is 0 Å². The molecule has 1 saturated heterocycles. The number of carbonyl (C=O) groups is 1. The maximum absolute atomic E-state index is 12.3. The van der Waals surface area contributed by atoms with Gasteiger partial charge in [-0.05, 0) is 30.5 Å². The maximum Gasteiger partial charge on any atom is 0.138 e. The summed E-state index contributed by atoms with van der Waals surface area (Å²) < 4.78 is 6.38. The number of rotatable bonds is 5. The highest BCUT2D eigenvalue weighted by atomic mass is 35.5. The van der Waals surface area contributed by atoms with Gasteiger partial charge in [0, 0.05) is 23.6 Å². The van der Waals surface area contributed by atoms with Crippen molar-refractivity contribution in [1.82, 2.24) is 0 Å². The predicted molar refractivity (Wildman–Crippen MR) is 90.9 cm³/mol. The quantitative estimate of drug-likeness (QED) is 0.796. The van der Waals surface area contributed by atoms with E-state index >= 15 is 0 Å². The lowest BCUT2D eigenvalue weighted by molar-refractivity contribution is -0.119. The minimum Gasteiger partial charge on any atom is -0.380 e. The van der Waals surface area contributed by atoms with E-state index in [0.29, 0.717) is 32.0 Å². The molecule has 1 aromatic heterocycles. The van der Waals surface area contributed by atoms with E-state index in [2.05, 4.69) is 31.2 Å². The monoisotopic (exact) mass is 334 g/mol. The van der Waals surface area contributed by atoms with E-state index < -0.39 is 0 Å². The van der Waals surface area contributed by atoms with Crippen LogP contribution in [0.15, 0.2) is 36.4 Å². The van der Waals surface area contributed by atoms with Crippen LogP contribution in [0.4, 0.5) is 0 Å². The zero-order chi connectivity index (χ0) is 15.5. The predicted octanol–water partition coefficient (Wildman–Crippen LogP) is 4.64. The van der Waals surface area contributed by atoms with Gasteiger partial charge in [0.05, 0.1) is 17.6 Å². The number of thiophene rings is 1. The molecule has 0 N–H and O–H groups in total. The molecule has 2 aromatic rings. The van der Waals surface area contributed by atoms with E-state index in [9.17, 15) is 4.79 Å². The Hall–Kier alpha value is -1.16. The van der Waals surface area contributed by atoms with Crippen LogP contribution in [0.2, 0.25) is 4.34 Å². The van der Waals surface area contributed by atoms with E-state index in [1.165, 1.54) is 22.5 Å². The van der Waals surface area contributed by atoms with Gasteiger partial charge in [-0.3, -0.25) is 4.79 Å². The SMILES string of the molecule is Cc1ccc(C2COC[C@@H]2CC(=O)Cc2ccc(Cl)s2)cc1. The minimum absolute atomic E-state index is 0.270. The van der Waals surface area contributed by atoms with E-state index in [0.717, 1.165) is 9.21 Å². The molecule has 2 heterocycles. The second-order valence-corrected chi connectivity index (χ2v) is 7.74. The number of hydrogen-bond donors (Lipinski definition) is 0. The van der Waals surface area contributed by atoms with Gasteiger partial charge < -0.3 is 4.74 Å². The lowest BCUT2D eigenvalue weighted by Gasteiger charge is -2.17. The molecule has 0 aliphatic carbocycles. The van der Waals surface area contributed by atoms with Crippen LogP contribution in [0, 0.1) is 12.8 Å². The van der Waals surface area contributed by atoms with Gasteiger partial charge in [0.2, 0.25) is 0 Å². The maximum atomic E-state index is 12.3. The molecule has 0 bridgehead atoms. The molecule has 22 heavy (non-hydrogen) atoms. The average Bonchev–Trinajstić information content (AvgIpc) is 3.09. The molecule has 116 valence electrons. The lowest BCUT2D eigenvalue weighted by atomic mass is 9.85. The number of aryl methyl sites for hydroxylation is 1. The molecule has 1 fully saturated rings. The van der Waals surface area contributed by atoms with Gasteiger partial charge in [-0.2, -0.15) is 0 Å². The van der Waals surface area contributed by atoms with Crippen LogP contribution in [0.5, 0.6) is 0 Å². The Balaban J connectivity index is 1.63. The van der Waals surface area contributed by atoms with Crippen molar-refractivity contribution in [2.24, 2.45) is 5.92 Å². The molecule has 1 aliphatic rings. The normalized spacial score (nSPS) is 21.2. The molecular formula is C18H19ClO2S. The van der Waals surface area contributed by atoms with Crippen molar-refractivity contribution in [2.75, 3.05) is 13.2 Å². The van der Waals surface area contributed by atoms with Crippen molar-refractivity contribution in [1.29, 1.82) is 0 Å². The van der Waals surface area contributed by atoms with Crippen LogP contribution in [-0.4, -0.2) is 19.0 Å². The van der Waals surface area contributed by atoms with Crippen molar-refractivity contribution < 1.29 is 9.53 Å². The minimum atomic E-state index is 0.270. The largest absolute Gasteiger partial charge is 0.380 e. The van der Waals surface area contributed by atoms with Crippen molar-refractivity contribution in [3.63, 3.8) is 0 Å². The van der Waals surface area contributed by atoms with Crippen LogP contribution in [0.3, 0.4) is 0 Å². The summed E-state index contributed by atoms with van der Waals surface area (Å²) in [7, 11) is 0. The summed E-state index contributed by atoms with van der Waals surface area (Å²) in [6.45, 7) is 3.48. The van der Waals surface area contributed by atoms with Crippen LogP contribution in [-0.2, 0) is 16.0 Å². The summed E-state index contributed by atoms with van der Waals surface area (Å²) in [4.78, 5) is 13.4. The third-order valence-corrected chi connectivity index (χ3v) is 5.43. The van der Waals surface area contributed by atoms with Gasteiger partial charge in [0.25, 0.3) is 0 Å². The number of ether oxygens (including phenoxy) is 1. The van der Waals surface area contributed by atoms with E-state index in [1.54, 1.807) is 0 Å². The molecule has 2 atom stereocenters. The fourth-order valence-electron chi connectivity index (χ4n) is 2.99. The molecular weight excluding hydrogens is 316 g/mol. The molecule has 2 nitrogen and oxygen atoms in total. The van der Waals surface area contributed by atoms with Crippen LogP contribution in [0.25, 0.3) is 0 Å². The van der Waals surface area contributed by atoms with Gasteiger partial charge in [-0.1, -0.05) is 41.4 Å². The summed E-state index contributed by atoms with van der Waals surface area (Å²) in [5.41, 5.74) is 2.53. The third-order valence-electron chi connectivity index (χ3n) is 4.19. The fourth-order valence-corrected chi connectivity index (χ4v) is 4.10. The first-order valence-electron chi connectivity index (χ1n) is 7.52. The summed E-state index contributed by atoms with van der Waals surface area (Å²) in [5.74, 6) is 0.883. The van der Waals surface area contributed by atoms with Crippen molar-refractivity contribution >= 4 is 28.7 Å². The highest BCUT2D eigenvalue weighted by Crippen LogP contribution is 2.34.